The Bertz CT molecular complexity index is 853. The second kappa shape index (κ2) is 7.99. The largest absolute Gasteiger partial charge is 0.297 e. The number of rotatable bonds is 5. The van der Waals surface area contributed by atoms with Crippen molar-refractivity contribution in [1.82, 2.24) is 24.6 Å². The van der Waals surface area contributed by atoms with Gasteiger partial charge in [-0.1, -0.05) is 6.92 Å². The molecule has 0 bridgehead atoms. The van der Waals surface area contributed by atoms with E-state index < -0.39 is 0 Å². The molecule has 2 aliphatic heterocycles. The number of piperidine rings is 1. The van der Waals surface area contributed by atoms with Crippen LogP contribution in [0.2, 0.25) is 0 Å². The van der Waals surface area contributed by atoms with Crippen molar-refractivity contribution in [2.45, 2.75) is 58.4 Å². The molecule has 2 aromatic rings. The van der Waals surface area contributed by atoms with Gasteiger partial charge in [-0.05, 0) is 51.8 Å². The minimum Gasteiger partial charge on any atom is -0.297 e. The van der Waals surface area contributed by atoms with Crippen LogP contribution in [0.3, 0.4) is 0 Å². The van der Waals surface area contributed by atoms with E-state index in [4.69, 9.17) is 9.97 Å². The molecule has 2 aliphatic rings. The molecule has 7 heteroatoms. The van der Waals surface area contributed by atoms with Crippen molar-refractivity contribution in [3.05, 3.63) is 35.0 Å². The Balaban J connectivity index is 1.49. The van der Waals surface area contributed by atoms with Crippen molar-refractivity contribution in [3.8, 4) is 0 Å². The molecule has 0 N–H and O–H groups in total. The number of carbonyl (C=O) groups excluding carboxylic acids is 1. The summed E-state index contributed by atoms with van der Waals surface area (Å²) in [6.07, 6.45) is 6.24. The van der Waals surface area contributed by atoms with Crippen molar-refractivity contribution in [2.75, 3.05) is 24.5 Å². The summed E-state index contributed by atoms with van der Waals surface area (Å²) in [6.45, 7) is 7.92. The van der Waals surface area contributed by atoms with Gasteiger partial charge in [-0.3, -0.25) is 19.3 Å². The van der Waals surface area contributed by atoms with Crippen molar-refractivity contribution in [3.63, 3.8) is 0 Å². The molecule has 0 spiro atoms. The first kappa shape index (κ1) is 19.1. The Kier molecular flexibility index (Phi) is 5.44. The molecule has 28 heavy (non-hydrogen) atoms. The summed E-state index contributed by atoms with van der Waals surface area (Å²) in [5, 5.41) is 4.26. The number of carbonyl (C=O) groups is 1. The zero-order chi connectivity index (χ0) is 19.7. The first-order valence-corrected chi connectivity index (χ1v) is 10.4. The fraction of sp³-hybridized carbons (Fsp3) is 0.619. The highest BCUT2D eigenvalue weighted by molar-refractivity contribution is 5.95. The smallest absolute Gasteiger partial charge is 0.228 e. The minimum atomic E-state index is 0.199. The topological polar surface area (TPSA) is 67.2 Å². The molecule has 0 saturated carbocycles. The van der Waals surface area contributed by atoms with E-state index in [9.17, 15) is 4.79 Å². The zero-order valence-corrected chi connectivity index (χ0v) is 17.2. The molecule has 0 atom stereocenters. The number of nitrogens with zero attached hydrogens (tertiary/aromatic N) is 6. The van der Waals surface area contributed by atoms with Gasteiger partial charge in [-0.25, -0.2) is 9.97 Å². The predicted molar refractivity (Wildman–Crippen MR) is 108 cm³/mol. The number of hydrogen-bond acceptors (Lipinski definition) is 5. The second-order valence-electron chi connectivity index (χ2n) is 8.01. The molecule has 1 amide bonds. The summed E-state index contributed by atoms with van der Waals surface area (Å²) in [5.41, 5.74) is 3.45. The third-order valence-electron chi connectivity index (χ3n) is 6.06. The van der Waals surface area contributed by atoms with E-state index in [1.165, 1.54) is 5.69 Å². The fourth-order valence-electron chi connectivity index (χ4n) is 4.37. The van der Waals surface area contributed by atoms with Crippen LogP contribution in [0.4, 0.5) is 5.82 Å². The third-order valence-corrected chi connectivity index (χ3v) is 6.06. The molecule has 4 heterocycles. The molecule has 0 aromatic carbocycles. The Morgan fingerprint density at radius 3 is 2.64 bits per heavy atom. The molecular formula is C21H30N6O. The van der Waals surface area contributed by atoms with Crippen LogP contribution in [0.25, 0.3) is 0 Å². The summed E-state index contributed by atoms with van der Waals surface area (Å²) in [5.74, 6) is 2.36. The molecule has 0 unspecified atom stereocenters. The first-order valence-electron chi connectivity index (χ1n) is 10.4. The van der Waals surface area contributed by atoms with E-state index in [-0.39, 0.29) is 5.91 Å². The van der Waals surface area contributed by atoms with E-state index in [1.807, 2.05) is 22.8 Å². The van der Waals surface area contributed by atoms with Crippen molar-refractivity contribution < 1.29 is 4.79 Å². The van der Waals surface area contributed by atoms with Crippen LogP contribution >= 0.6 is 0 Å². The number of hydrogen-bond donors (Lipinski definition) is 0. The second-order valence-corrected chi connectivity index (χ2v) is 8.01. The zero-order valence-electron chi connectivity index (χ0n) is 17.2. The number of anilines is 1. The average Bonchev–Trinajstić information content (AvgIpc) is 3.09. The Morgan fingerprint density at radius 1 is 1.18 bits per heavy atom. The SMILES string of the molecule is CCCN1C(=O)CCc2c(C)nc(C3CCN(Cc4ccnn4C)CC3)nc21. The highest BCUT2D eigenvalue weighted by Gasteiger charge is 2.30. The average molecular weight is 383 g/mol. The first-order chi connectivity index (χ1) is 13.6. The van der Waals surface area contributed by atoms with E-state index in [2.05, 4.69) is 29.9 Å². The van der Waals surface area contributed by atoms with Gasteiger partial charge in [0, 0.05) is 49.9 Å². The number of fused-ring (bicyclic) bond motifs is 1. The Labute approximate surface area is 166 Å². The molecule has 7 nitrogen and oxygen atoms in total. The summed E-state index contributed by atoms with van der Waals surface area (Å²) in [7, 11) is 2.00. The van der Waals surface area contributed by atoms with Crippen LogP contribution in [0, 0.1) is 6.92 Å². The third kappa shape index (κ3) is 3.68. The quantitative estimate of drug-likeness (QED) is 0.795. The number of amides is 1. The van der Waals surface area contributed by atoms with Crippen molar-refractivity contribution >= 4 is 11.7 Å². The van der Waals surface area contributed by atoms with Gasteiger partial charge < -0.3 is 0 Å². The van der Waals surface area contributed by atoms with E-state index in [0.717, 1.165) is 74.8 Å². The lowest BCUT2D eigenvalue weighted by Crippen LogP contribution is -2.38. The summed E-state index contributed by atoms with van der Waals surface area (Å²) >= 11 is 0. The van der Waals surface area contributed by atoms with Crippen LogP contribution in [-0.4, -0.2) is 50.2 Å². The van der Waals surface area contributed by atoms with E-state index in [1.54, 1.807) is 0 Å². The van der Waals surface area contributed by atoms with Crippen LogP contribution in [0.1, 0.15) is 61.3 Å². The lowest BCUT2D eigenvalue weighted by Gasteiger charge is -2.33. The summed E-state index contributed by atoms with van der Waals surface area (Å²) in [4.78, 5) is 26.6. The van der Waals surface area contributed by atoms with Crippen LogP contribution in [0.5, 0.6) is 0 Å². The van der Waals surface area contributed by atoms with Gasteiger partial charge in [-0.15, -0.1) is 0 Å². The van der Waals surface area contributed by atoms with Gasteiger partial charge in [0.15, 0.2) is 0 Å². The normalized spacial score (nSPS) is 18.5. The van der Waals surface area contributed by atoms with E-state index >= 15 is 0 Å². The lowest BCUT2D eigenvalue weighted by molar-refractivity contribution is -0.119. The summed E-state index contributed by atoms with van der Waals surface area (Å²) in [6, 6.07) is 2.08. The molecule has 0 aliphatic carbocycles. The van der Waals surface area contributed by atoms with Gasteiger partial charge in [0.25, 0.3) is 0 Å². The van der Waals surface area contributed by atoms with Gasteiger partial charge in [0.05, 0.1) is 5.69 Å². The molecule has 150 valence electrons. The van der Waals surface area contributed by atoms with Gasteiger partial charge in [0.2, 0.25) is 5.91 Å². The van der Waals surface area contributed by atoms with Crippen LogP contribution < -0.4 is 4.90 Å². The highest BCUT2D eigenvalue weighted by atomic mass is 16.2. The predicted octanol–water partition coefficient (Wildman–Crippen LogP) is 2.59. The highest BCUT2D eigenvalue weighted by Crippen LogP contribution is 2.32. The van der Waals surface area contributed by atoms with E-state index in [0.29, 0.717) is 12.3 Å². The molecule has 2 aromatic heterocycles. The summed E-state index contributed by atoms with van der Waals surface area (Å²) < 4.78 is 1.95. The molecule has 0 radical (unpaired) electrons. The van der Waals surface area contributed by atoms with Crippen LogP contribution in [-0.2, 0) is 24.8 Å². The standard InChI is InChI=1S/C21H30N6O/c1-4-11-27-19(28)6-5-18-15(2)23-20(24-21(18)27)16-8-12-26(13-9-16)14-17-7-10-22-25(17)3/h7,10,16H,4-6,8-9,11-14H2,1-3H3. The van der Waals surface area contributed by atoms with Crippen molar-refractivity contribution in [1.29, 1.82) is 0 Å². The maximum absolute atomic E-state index is 12.4. The molecule has 1 saturated heterocycles. The number of likely N-dealkylation sites (tertiary alicyclic amines) is 1. The minimum absolute atomic E-state index is 0.199. The van der Waals surface area contributed by atoms with Crippen molar-refractivity contribution in [2.24, 2.45) is 7.05 Å². The number of aromatic nitrogens is 4. The van der Waals surface area contributed by atoms with Crippen LogP contribution in [0.15, 0.2) is 12.3 Å². The molecule has 1 fully saturated rings. The molecular weight excluding hydrogens is 352 g/mol. The van der Waals surface area contributed by atoms with Gasteiger partial charge in [-0.2, -0.15) is 5.10 Å². The lowest BCUT2D eigenvalue weighted by atomic mass is 9.94. The Hall–Kier alpha value is -2.28. The van der Waals surface area contributed by atoms with Gasteiger partial charge >= 0.3 is 0 Å². The number of aryl methyl sites for hydroxylation is 2. The van der Waals surface area contributed by atoms with Gasteiger partial charge in [0.1, 0.15) is 11.6 Å². The molecule has 4 rings (SSSR count). The fourth-order valence-corrected chi connectivity index (χ4v) is 4.37. The monoisotopic (exact) mass is 382 g/mol. The maximum Gasteiger partial charge on any atom is 0.228 e. The Morgan fingerprint density at radius 2 is 1.96 bits per heavy atom. The maximum atomic E-state index is 12.4.